The van der Waals surface area contributed by atoms with E-state index in [9.17, 15) is 0 Å². The van der Waals surface area contributed by atoms with E-state index in [4.69, 9.17) is 0 Å². The zero-order valence-electron chi connectivity index (χ0n) is 10.5. The third-order valence-electron chi connectivity index (χ3n) is 3.61. The van der Waals surface area contributed by atoms with E-state index in [2.05, 4.69) is 24.5 Å². The second-order valence-electron chi connectivity index (χ2n) is 5.05. The molecule has 1 aliphatic rings. The molecule has 0 amide bonds. The molecule has 2 N–H and O–H groups in total. The molecule has 1 atom stereocenters. The standard InChI is InChI=1S/C13H28N2/c1-3-12(2)11-15-8-4-5-13-6-9-14-10-7-13/h12-15H,3-11H2,1-2H3. The number of hydrogen-bond acceptors (Lipinski definition) is 2. The van der Waals surface area contributed by atoms with Crippen LogP contribution in [0, 0.1) is 11.8 Å². The number of rotatable bonds is 7. The summed E-state index contributed by atoms with van der Waals surface area (Å²) in [5.74, 6) is 1.83. The van der Waals surface area contributed by atoms with E-state index in [0.717, 1.165) is 11.8 Å². The molecule has 1 saturated heterocycles. The van der Waals surface area contributed by atoms with E-state index in [1.807, 2.05) is 0 Å². The Labute approximate surface area is 95.2 Å². The Morgan fingerprint density at radius 1 is 1.33 bits per heavy atom. The number of hydrogen-bond donors (Lipinski definition) is 2. The molecule has 1 aliphatic heterocycles. The summed E-state index contributed by atoms with van der Waals surface area (Å²) in [5.41, 5.74) is 0. The van der Waals surface area contributed by atoms with Crippen molar-refractivity contribution in [3.05, 3.63) is 0 Å². The summed E-state index contributed by atoms with van der Waals surface area (Å²) in [6, 6.07) is 0. The van der Waals surface area contributed by atoms with Gasteiger partial charge in [0.25, 0.3) is 0 Å². The summed E-state index contributed by atoms with van der Waals surface area (Å²) in [6.45, 7) is 9.48. The highest BCUT2D eigenvalue weighted by Gasteiger charge is 2.11. The highest BCUT2D eigenvalue weighted by Crippen LogP contribution is 2.17. The fourth-order valence-corrected chi connectivity index (χ4v) is 2.18. The summed E-state index contributed by atoms with van der Waals surface area (Å²) in [4.78, 5) is 0. The Morgan fingerprint density at radius 3 is 2.73 bits per heavy atom. The molecule has 0 spiro atoms. The quantitative estimate of drug-likeness (QED) is 0.633. The number of piperidine rings is 1. The normalized spacial score (nSPS) is 20.4. The summed E-state index contributed by atoms with van der Waals surface area (Å²) in [6.07, 6.45) is 6.87. The van der Waals surface area contributed by atoms with E-state index >= 15 is 0 Å². The molecule has 1 heterocycles. The largest absolute Gasteiger partial charge is 0.317 e. The molecule has 15 heavy (non-hydrogen) atoms. The molecule has 0 radical (unpaired) electrons. The lowest BCUT2D eigenvalue weighted by Gasteiger charge is -2.22. The van der Waals surface area contributed by atoms with Crippen molar-refractivity contribution in [3.8, 4) is 0 Å². The zero-order valence-corrected chi connectivity index (χ0v) is 10.5. The highest BCUT2D eigenvalue weighted by molar-refractivity contribution is 4.68. The van der Waals surface area contributed by atoms with Crippen molar-refractivity contribution >= 4 is 0 Å². The molecule has 1 unspecified atom stereocenters. The fraction of sp³-hybridized carbons (Fsp3) is 1.00. The monoisotopic (exact) mass is 212 g/mol. The van der Waals surface area contributed by atoms with Crippen LogP contribution >= 0.6 is 0 Å². The minimum absolute atomic E-state index is 0.837. The van der Waals surface area contributed by atoms with Gasteiger partial charge < -0.3 is 10.6 Å². The Morgan fingerprint density at radius 2 is 2.07 bits per heavy atom. The van der Waals surface area contributed by atoms with Crippen molar-refractivity contribution in [2.75, 3.05) is 26.2 Å². The molecular formula is C13H28N2. The Bertz CT molecular complexity index is 141. The molecule has 1 fully saturated rings. The third-order valence-corrected chi connectivity index (χ3v) is 3.61. The maximum Gasteiger partial charge on any atom is -0.00233 e. The van der Waals surface area contributed by atoms with Crippen LogP contribution in [0.1, 0.15) is 46.0 Å². The molecular weight excluding hydrogens is 184 g/mol. The van der Waals surface area contributed by atoms with Crippen LogP contribution in [-0.4, -0.2) is 26.2 Å². The maximum atomic E-state index is 3.56. The van der Waals surface area contributed by atoms with E-state index in [-0.39, 0.29) is 0 Å². The van der Waals surface area contributed by atoms with Gasteiger partial charge in [-0.25, -0.2) is 0 Å². The highest BCUT2D eigenvalue weighted by atomic mass is 14.9. The van der Waals surface area contributed by atoms with Gasteiger partial charge in [0.2, 0.25) is 0 Å². The minimum atomic E-state index is 0.837. The molecule has 0 aromatic heterocycles. The predicted octanol–water partition coefficient (Wildman–Crippen LogP) is 2.40. The van der Waals surface area contributed by atoms with Crippen LogP contribution < -0.4 is 10.6 Å². The first-order valence-corrected chi connectivity index (χ1v) is 6.74. The second-order valence-corrected chi connectivity index (χ2v) is 5.05. The van der Waals surface area contributed by atoms with Crippen molar-refractivity contribution in [1.29, 1.82) is 0 Å². The Hall–Kier alpha value is -0.0800. The van der Waals surface area contributed by atoms with Gasteiger partial charge in [-0.15, -0.1) is 0 Å². The smallest absolute Gasteiger partial charge is 0.00233 e. The molecule has 0 saturated carbocycles. The van der Waals surface area contributed by atoms with Crippen molar-refractivity contribution in [2.24, 2.45) is 11.8 Å². The van der Waals surface area contributed by atoms with Crippen LogP contribution in [-0.2, 0) is 0 Å². The van der Waals surface area contributed by atoms with Crippen molar-refractivity contribution < 1.29 is 0 Å². The topological polar surface area (TPSA) is 24.1 Å². The van der Waals surface area contributed by atoms with Gasteiger partial charge in [-0.05, 0) is 63.7 Å². The molecule has 1 rings (SSSR count). The van der Waals surface area contributed by atoms with Crippen LogP contribution in [0.15, 0.2) is 0 Å². The molecule has 0 aliphatic carbocycles. The number of nitrogens with one attached hydrogen (secondary N) is 2. The second kappa shape index (κ2) is 8.12. The average molecular weight is 212 g/mol. The van der Waals surface area contributed by atoms with Gasteiger partial charge in [-0.3, -0.25) is 0 Å². The Kier molecular flexibility index (Phi) is 7.03. The zero-order chi connectivity index (χ0) is 10.9. The van der Waals surface area contributed by atoms with Gasteiger partial charge in [0, 0.05) is 0 Å². The van der Waals surface area contributed by atoms with Crippen LogP contribution in [0.2, 0.25) is 0 Å². The van der Waals surface area contributed by atoms with Crippen LogP contribution in [0.4, 0.5) is 0 Å². The third kappa shape index (κ3) is 6.16. The first kappa shape index (κ1) is 13.0. The van der Waals surface area contributed by atoms with Crippen LogP contribution in [0.5, 0.6) is 0 Å². The van der Waals surface area contributed by atoms with E-state index in [1.165, 1.54) is 58.3 Å². The molecule has 2 nitrogen and oxygen atoms in total. The SMILES string of the molecule is CCC(C)CNCCCC1CCNCC1. The van der Waals surface area contributed by atoms with E-state index in [0.29, 0.717) is 0 Å². The van der Waals surface area contributed by atoms with Gasteiger partial charge in [0.15, 0.2) is 0 Å². The lowest BCUT2D eigenvalue weighted by atomic mass is 9.93. The van der Waals surface area contributed by atoms with Crippen molar-refractivity contribution in [2.45, 2.75) is 46.0 Å². The molecule has 90 valence electrons. The molecule has 0 bridgehead atoms. The van der Waals surface area contributed by atoms with Gasteiger partial charge in [0.1, 0.15) is 0 Å². The summed E-state index contributed by atoms with van der Waals surface area (Å²) < 4.78 is 0. The van der Waals surface area contributed by atoms with Crippen molar-refractivity contribution in [3.63, 3.8) is 0 Å². The predicted molar refractivity (Wildman–Crippen MR) is 67.2 cm³/mol. The lowest BCUT2D eigenvalue weighted by Crippen LogP contribution is -2.28. The van der Waals surface area contributed by atoms with Gasteiger partial charge in [-0.2, -0.15) is 0 Å². The first-order valence-electron chi connectivity index (χ1n) is 6.74. The lowest BCUT2D eigenvalue weighted by molar-refractivity contribution is 0.343. The van der Waals surface area contributed by atoms with Gasteiger partial charge in [0.05, 0.1) is 0 Å². The summed E-state index contributed by atoms with van der Waals surface area (Å²) in [7, 11) is 0. The molecule has 0 aromatic carbocycles. The van der Waals surface area contributed by atoms with Crippen molar-refractivity contribution in [1.82, 2.24) is 10.6 Å². The van der Waals surface area contributed by atoms with Crippen LogP contribution in [0.25, 0.3) is 0 Å². The average Bonchev–Trinajstić information content (AvgIpc) is 2.29. The Balaban J connectivity index is 1.87. The minimum Gasteiger partial charge on any atom is -0.317 e. The molecule has 2 heteroatoms. The summed E-state index contributed by atoms with van der Waals surface area (Å²) in [5, 5.41) is 6.98. The van der Waals surface area contributed by atoms with E-state index < -0.39 is 0 Å². The van der Waals surface area contributed by atoms with E-state index in [1.54, 1.807) is 0 Å². The summed E-state index contributed by atoms with van der Waals surface area (Å²) >= 11 is 0. The first-order chi connectivity index (χ1) is 7.33. The maximum absolute atomic E-state index is 3.56. The fourth-order valence-electron chi connectivity index (χ4n) is 2.18. The molecule has 0 aromatic rings. The van der Waals surface area contributed by atoms with Crippen LogP contribution in [0.3, 0.4) is 0 Å². The van der Waals surface area contributed by atoms with Gasteiger partial charge >= 0.3 is 0 Å². The van der Waals surface area contributed by atoms with Gasteiger partial charge in [-0.1, -0.05) is 20.3 Å².